The number of aliphatic hydroxyl groups is 1. The Hall–Kier alpha value is -1.67. The summed E-state index contributed by atoms with van der Waals surface area (Å²) in [4.78, 5) is 1.92. The van der Waals surface area contributed by atoms with Crippen molar-refractivity contribution in [1.29, 1.82) is 5.26 Å². The highest BCUT2D eigenvalue weighted by atomic mass is 16.3. The number of hydrogen-bond donors (Lipinski definition) is 1. The van der Waals surface area contributed by atoms with Crippen molar-refractivity contribution in [2.24, 2.45) is 0 Å². The molecule has 0 atom stereocenters. The van der Waals surface area contributed by atoms with Gasteiger partial charge in [0.25, 0.3) is 0 Å². The smallest absolute Gasteiger partial charge is 0.169 e. The molecule has 1 aromatic heterocycles. The highest BCUT2D eigenvalue weighted by Crippen LogP contribution is 2.24. The quantitative estimate of drug-likeness (QED) is 0.844. The second kappa shape index (κ2) is 7.05. The standard InChI is InChI=1S/C14H22N4O/c1-5-11-12(9-15)14(17-16-13(11)6-2)18(7-8-19)10(3)4/h10,19H,5-8H2,1-4H3. The number of hydrogen-bond acceptors (Lipinski definition) is 5. The van der Waals surface area contributed by atoms with Crippen molar-refractivity contribution in [1.82, 2.24) is 10.2 Å². The predicted molar refractivity (Wildman–Crippen MR) is 75.1 cm³/mol. The van der Waals surface area contributed by atoms with Crippen molar-refractivity contribution < 1.29 is 5.11 Å². The van der Waals surface area contributed by atoms with Crippen LogP contribution in [0.2, 0.25) is 0 Å². The molecule has 0 radical (unpaired) electrons. The minimum atomic E-state index is 0.0295. The van der Waals surface area contributed by atoms with Crippen LogP contribution in [0.5, 0.6) is 0 Å². The SMILES string of the molecule is CCc1nnc(N(CCO)C(C)C)c(C#N)c1CC. The Morgan fingerprint density at radius 1 is 1.26 bits per heavy atom. The second-order valence-electron chi connectivity index (χ2n) is 4.65. The number of nitrogens with zero attached hydrogens (tertiary/aromatic N) is 4. The Morgan fingerprint density at radius 2 is 1.95 bits per heavy atom. The van der Waals surface area contributed by atoms with Gasteiger partial charge < -0.3 is 10.0 Å². The van der Waals surface area contributed by atoms with Crippen molar-refractivity contribution in [2.75, 3.05) is 18.1 Å². The molecule has 5 heteroatoms. The molecule has 5 nitrogen and oxygen atoms in total. The van der Waals surface area contributed by atoms with Crippen LogP contribution < -0.4 is 4.90 Å². The third kappa shape index (κ3) is 3.21. The molecule has 1 aromatic rings. The third-order valence-corrected chi connectivity index (χ3v) is 3.18. The first-order chi connectivity index (χ1) is 9.10. The molecule has 0 aliphatic carbocycles. The first-order valence-corrected chi connectivity index (χ1v) is 6.76. The van der Waals surface area contributed by atoms with Crippen LogP contribution in [0.25, 0.3) is 0 Å². The number of aryl methyl sites for hydroxylation is 1. The summed E-state index contributed by atoms with van der Waals surface area (Å²) in [5, 5.41) is 27.1. The summed E-state index contributed by atoms with van der Waals surface area (Å²) in [6.45, 7) is 8.54. The maximum absolute atomic E-state index is 9.44. The van der Waals surface area contributed by atoms with Crippen molar-refractivity contribution in [3.63, 3.8) is 0 Å². The van der Waals surface area contributed by atoms with E-state index in [0.717, 1.165) is 24.1 Å². The highest BCUT2D eigenvalue weighted by molar-refractivity contribution is 5.58. The molecule has 0 unspecified atom stereocenters. The molecule has 0 bridgehead atoms. The third-order valence-electron chi connectivity index (χ3n) is 3.18. The average Bonchev–Trinajstić information content (AvgIpc) is 2.42. The topological polar surface area (TPSA) is 73.0 Å². The molecule has 1 rings (SSSR count). The first-order valence-electron chi connectivity index (χ1n) is 6.76. The van der Waals surface area contributed by atoms with Gasteiger partial charge in [0.05, 0.1) is 12.3 Å². The molecule has 0 aromatic carbocycles. The Balaban J connectivity index is 3.39. The average molecular weight is 262 g/mol. The monoisotopic (exact) mass is 262 g/mol. The normalized spacial score (nSPS) is 10.6. The van der Waals surface area contributed by atoms with Gasteiger partial charge >= 0.3 is 0 Å². The number of nitriles is 1. The van der Waals surface area contributed by atoms with E-state index < -0.39 is 0 Å². The summed E-state index contributed by atoms with van der Waals surface area (Å²) in [6, 6.07) is 2.42. The summed E-state index contributed by atoms with van der Waals surface area (Å²) in [7, 11) is 0. The second-order valence-corrected chi connectivity index (χ2v) is 4.65. The van der Waals surface area contributed by atoms with E-state index >= 15 is 0 Å². The van der Waals surface area contributed by atoms with E-state index in [1.165, 1.54) is 0 Å². The van der Waals surface area contributed by atoms with E-state index in [1.807, 2.05) is 32.6 Å². The Bertz CT molecular complexity index is 465. The van der Waals surface area contributed by atoms with Gasteiger partial charge in [-0.25, -0.2) is 0 Å². The largest absolute Gasteiger partial charge is 0.395 e. The van der Waals surface area contributed by atoms with Gasteiger partial charge in [0.15, 0.2) is 5.82 Å². The fourth-order valence-electron chi connectivity index (χ4n) is 2.20. The van der Waals surface area contributed by atoms with Gasteiger partial charge in [-0.15, -0.1) is 5.10 Å². The summed E-state index contributed by atoms with van der Waals surface area (Å²) in [5.74, 6) is 0.584. The van der Waals surface area contributed by atoms with Crippen molar-refractivity contribution >= 4 is 5.82 Å². The van der Waals surface area contributed by atoms with Gasteiger partial charge in [0, 0.05) is 12.6 Å². The molecule has 0 saturated heterocycles. The zero-order valence-electron chi connectivity index (χ0n) is 12.1. The highest BCUT2D eigenvalue weighted by Gasteiger charge is 2.20. The fourth-order valence-corrected chi connectivity index (χ4v) is 2.20. The van der Waals surface area contributed by atoms with Crippen molar-refractivity contribution in [2.45, 2.75) is 46.6 Å². The number of rotatable bonds is 6. The van der Waals surface area contributed by atoms with E-state index in [2.05, 4.69) is 16.3 Å². The number of anilines is 1. The van der Waals surface area contributed by atoms with Crippen LogP contribution in [-0.2, 0) is 12.8 Å². The molecule has 104 valence electrons. The molecule has 1 N–H and O–H groups in total. The van der Waals surface area contributed by atoms with Gasteiger partial charge in [-0.05, 0) is 32.3 Å². The molecule has 0 amide bonds. The van der Waals surface area contributed by atoms with E-state index in [4.69, 9.17) is 5.11 Å². The lowest BCUT2D eigenvalue weighted by molar-refractivity contribution is 0.298. The summed E-state index contributed by atoms with van der Waals surface area (Å²) >= 11 is 0. The minimum absolute atomic E-state index is 0.0295. The molecular formula is C14H22N4O. The number of aromatic nitrogens is 2. The lowest BCUT2D eigenvalue weighted by Crippen LogP contribution is -2.35. The molecule has 0 saturated carbocycles. The fraction of sp³-hybridized carbons (Fsp3) is 0.643. The zero-order chi connectivity index (χ0) is 14.4. The summed E-state index contributed by atoms with van der Waals surface area (Å²) < 4.78 is 0. The minimum Gasteiger partial charge on any atom is -0.395 e. The van der Waals surface area contributed by atoms with Crippen molar-refractivity contribution in [3.8, 4) is 6.07 Å². The number of aliphatic hydroxyl groups excluding tert-OH is 1. The van der Waals surface area contributed by atoms with Crippen LogP contribution >= 0.6 is 0 Å². The van der Waals surface area contributed by atoms with E-state index in [9.17, 15) is 5.26 Å². The Kier molecular flexibility index (Phi) is 5.71. The van der Waals surface area contributed by atoms with Gasteiger partial charge in [0.2, 0.25) is 0 Å². The van der Waals surface area contributed by atoms with E-state index in [0.29, 0.717) is 17.9 Å². The summed E-state index contributed by atoms with van der Waals surface area (Å²) in [5.41, 5.74) is 2.45. The van der Waals surface area contributed by atoms with Gasteiger partial charge in [-0.1, -0.05) is 13.8 Å². The maximum atomic E-state index is 9.44. The molecule has 1 heterocycles. The predicted octanol–water partition coefficient (Wildman–Crippen LogP) is 1.68. The van der Waals surface area contributed by atoms with Crippen LogP contribution in [0.1, 0.15) is 44.5 Å². The lowest BCUT2D eigenvalue weighted by Gasteiger charge is -2.28. The molecule has 0 spiro atoms. The van der Waals surface area contributed by atoms with Gasteiger partial charge in [0.1, 0.15) is 11.6 Å². The summed E-state index contributed by atoms with van der Waals surface area (Å²) in [6.07, 6.45) is 1.53. The van der Waals surface area contributed by atoms with Gasteiger partial charge in [-0.2, -0.15) is 10.4 Å². The molecule has 0 aliphatic heterocycles. The lowest BCUT2D eigenvalue weighted by atomic mass is 10.0. The van der Waals surface area contributed by atoms with Crippen LogP contribution in [0.15, 0.2) is 0 Å². The van der Waals surface area contributed by atoms with Gasteiger partial charge in [-0.3, -0.25) is 0 Å². The van der Waals surface area contributed by atoms with E-state index in [1.54, 1.807) is 0 Å². The van der Waals surface area contributed by atoms with E-state index in [-0.39, 0.29) is 12.6 Å². The van der Waals surface area contributed by atoms with Crippen molar-refractivity contribution in [3.05, 3.63) is 16.8 Å². The first kappa shape index (κ1) is 15.4. The Morgan fingerprint density at radius 3 is 2.37 bits per heavy atom. The van der Waals surface area contributed by atoms with Crippen LogP contribution in [-0.4, -0.2) is 34.5 Å². The van der Waals surface area contributed by atoms with Crippen LogP contribution in [0.4, 0.5) is 5.82 Å². The maximum Gasteiger partial charge on any atom is 0.169 e. The Labute approximate surface area is 114 Å². The van der Waals surface area contributed by atoms with Crippen LogP contribution in [0.3, 0.4) is 0 Å². The molecule has 19 heavy (non-hydrogen) atoms. The van der Waals surface area contributed by atoms with Crippen LogP contribution in [0, 0.1) is 11.3 Å². The molecule has 0 aliphatic rings. The zero-order valence-corrected chi connectivity index (χ0v) is 12.1. The molecular weight excluding hydrogens is 240 g/mol. The molecule has 0 fully saturated rings.